The van der Waals surface area contributed by atoms with Crippen LogP contribution in [0, 0.1) is 0 Å². The van der Waals surface area contributed by atoms with E-state index < -0.39 is 0 Å². The lowest BCUT2D eigenvalue weighted by atomic mass is 9.98. The number of fused-ring (bicyclic) bond motifs is 1. The van der Waals surface area contributed by atoms with E-state index in [0.29, 0.717) is 12.8 Å². The van der Waals surface area contributed by atoms with Gasteiger partial charge < -0.3 is 10.2 Å². The molecule has 0 fully saturated rings. The molecule has 1 aliphatic heterocycles. The Labute approximate surface area is 126 Å². The Morgan fingerprint density at radius 1 is 1.29 bits per heavy atom. The molecule has 1 aromatic carbocycles. The van der Waals surface area contributed by atoms with E-state index in [9.17, 15) is 9.59 Å². The van der Waals surface area contributed by atoms with Gasteiger partial charge in [0.15, 0.2) is 0 Å². The number of amides is 2. The highest BCUT2D eigenvalue weighted by atomic mass is 16.2. The Morgan fingerprint density at radius 2 is 2.10 bits per heavy atom. The third kappa shape index (κ3) is 4.06. The molecule has 21 heavy (non-hydrogen) atoms. The molecule has 2 rings (SSSR count). The molecule has 114 valence electrons. The molecule has 4 nitrogen and oxygen atoms in total. The SMILES string of the molecule is CCCCCNC(=O)Cc1ccc2c(c1)CCC(=O)N2C. The van der Waals surface area contributed by atoms with Crippen molar-refractivity contribution in [3.8, 4) is 0 Å². The topological polar surface area (TPSA) is 49.4 Å². The van der Waals surface area contributed by atoms with Crippen LogP contribution in [0.2, 0.25) is 0 Å². The highest BCUT2D eigenvalue weighted by Gasteiger charge is 2.20. The van der Waals surface area contributed by atoms with Crippen LogP contribution in [-0.4, -0.2) is 25.4 Å². The monoisotopic (exact) mass is 288 g/mol. The first-order valence-corrected chi connectivity index (χ1v) is 7.77. The summed E-state index contributed by atoms with van der Waals surface area (Å²) in [5.41, 5.74) is 3.15. The summed E-state index contributed by atoms with van der Waals surface area (Å²) in [5.74, 6) is 0.232. The van der Waals surface area contributed by atoms with Crippen molar-refractivity contribution in [2.75, 3.05) is 18.5 Å². The van der Waals surface area contributed by atoms with Crippen molar-refractivity contribution in [3.05, 3.63) is 29.3 Å². The number of carbonyl (C=O) groups excluding carboxylic acids is 2. The number of benzene rings is 1. The summed E-state index contributed by atoms with van der Waals surface area (Å²) in [7, 11) is 1.81. The van der Waals surface area contributed by atoms with Crippen LogP contribution in [0.4, 0.5) is 5.69 Å². The molecule has 1 aliphatic rings. The number of nitrogens with one attached hydrogen (secondary N) is 1. The number of rotatable bonds is 6. The first-order valence-electron chi connectivity index (χ1n) is 7.77. The Morgan fingerprint density at radius 3 is 2.86 bits per heavy atom. The van der Waals surface area contributed by atoms with E-state index in [4.69, 9.17) is 0 Å². The van der Waals surface area contributed by atoms with Crippen molar-refractivity contribution in [3.63, 3.8) is 0 Å². The summed E-state index contributed by atoms with van der Waals surface area (Å²) in [6, 6.07) is 5.95. The van der Waals surface area contributed by atoms with Crippen molar-refractivity contribution in [1.29, 1.82) is 0 Å². The van der Waals surface area contributed by atoms with E-state index in [1.54, 1.807) is 11.9 Å². The Bertz CT molecular complexity index is 526. The van der Waals surface area contributed by atoms with Crippen LogP contribution in [-0.2, 0) is 22.4 Å². The summed E-state index contributed by atoms with van der Waals surface area (Å²) in [6.45, 7) is 2.91. The highest BCUT2D eigenvalue weighted by Crippen LogP contribution is 2.27. The normalized spacial score (nSPS) is 14.0. The number of hydrogen-bond donors (Lipinski definition) is 1. The van der Waals surface area contributed by atoms with Crippen molar-refractivity contribution >= 4 is 17.5 Å². The summed E-state index contributed by atoms with van der Waals surface area (Å²) in [4.78, 5) is 25.2. The zero-order valence-electron chi connectivity index (χ0n) is 12.9. The maximum atomic E-state index is 11.9. The lowest BCUT2D eigenvalue weighted by Crippen LogP contribution is -2.31. The molecule has 0 aromatic heterocycles. The second-order valence-electron chi connectivity index (χ2n) is 5.65. The zero-order valence-corrected chi connectivity index (χ0v) is 12.9. The molecule has 2 amide bonds. The van der Waals surface area contributed by atoms with E-state index in [-0.39, 0.29) is 11.8 Å². The zero-order chi connectivity index (χ0) is 15.2. The summed E-state index contributed by atoms with van der Waals surface area (Å²) < 4.78 is 0. The second-order valence-corrected chi connectivity index (χ2v) is 5.65. The van der Waals surface area contributed by atoms with Crippen LogP contribution in [0.25, 0.3) is 0 Å². The van der Waals surface area contributed by atoms with Gasteiger partial charge in [-0.1, -0.05) is 31.9 Å². The molecule has 0 aliphatic carbocycles. The molecule has 1 N–H and O–H groups in total. The second kappa shape index (κ2) is 7.25. The van der Waals surface area contributed by atoms with Crippen LogP contribution in [0.3, 0.4) is 0 Å². The van der Waals surface area contributed by atoms with Crippen molar-refractivity contribution in [1.82, 2.24) is 5.32 Å². The van der Waals surface area contributed by atoms with Crippen LogP contribution in [0.5, 0.6) is 0 Å². The number of anilines is 1. The standard InChI is InChI=1S/C17H24N2O2/c1-3-4-5-10-18-16(20)12-13-6-8-15-14(11-13)7-9-17(21)19(15)2/h6,8,11H,3-5,7,9-10,12H2,1-2H3,(H,18,20). The number of hydrogen-bond acceptors (Lipinski definition) is 2. The van der Waals surface area contributed by atoms with E-state index >= 15 is 0 Å². The lowest BCUT2D eigenvalue weighted by Gasteiger charge is -2.26. The van der Waals surface area contributed by atoms with Crippen LogP contribution in [0.15, 0.2) is 18.2 Å². The third-order valence-electron chi connectivity index (χ3n) is 3.95. The fourth-order valence-corrected chi connectivity index (χ4v) is 2.67. The maximum Gasteiger partial charge on any atom is 0.227 e. The minimum Gasteiger partial charge on any atom is -0.356 e. The van der Waals surface area contributed by atoms with Gasteiger partial charge in [0.2, 0.25) is 11.8 Å². The molecule has 1 heterocycles. The number of unbranched alkanes of at least 4 members (excludes halogenated alkanes) is 2. The van der Waals surface area contributed by atoms with Gasteiger partial charge in [0.25, 0.3) is 0 Å². The summed E-state index contributed by atoms with van der Waals surface area (Å²) in [6.07, 6.45) is 5.09. The lowest BCUT2D eigenvalue weighted by molar-refractivity contribution is -0.120. The highest BCUT2D eigenvalue weighted by molar-refractivity contribution is 5.96. The Balaban J connectivity index is 1.93. The first kappa shape index (κ1) is 15.5. The van der Waals surface area contributed by atoms with Crippen molar-refractivity contribution in [2.45, 2.75) is 45.4 Å². The predicted molar refractivity (Wildman–Crippen MR) is 84.4 cm³/mol. The average Bonchev–Trinajstić information content (AvgIpc) is 2.48. The van der Waals surface area contributed by atoms with Gasteiger partial charge in [0.05, 0.1) is 6.42 Å². The van der Waals surface area contributed by atoms with Crippen LogP contribution < -0.4 is 10.2 Å². The molecule has 1 aromatic rings. The molecular weight excluding hydrogens is 264 g/mol. The van der Waals surface area contributed by atoms with Gasteiger partial charge >= 0.3 is 0 Å². The Hall–Kier alpha value is -1.84. The summed E-state index contributed by atoms with van der Waals surface area (Å²) >= 11 is 0. The molecule has 0 radical (unpaired) electrons. The van der Waals surface area contributed by atoms with Gasteiger partial charge in [-0.05, 0) is 30.0 Å². The van der Waals surface area contributed by atoms with Gasteiger partial charge in [-0.2, -0.15) is 0 Å². The van der Waals surface area contributed by atoms with Crippen molar-refractivity contribution in [2.24, 2.45) is 0 Å². The molecule has 4 heteroatoms. The fraction of sp³-hybridized carbons (Fsp3) is 0.529. The smallest absolute Gasteiger partial charge is 0.227 e. The van der Waals surface area contributed by atoms with Gasteiger partial charge in [0.1, 0.15) is 0 Å². The minimum absolute atomic E-state index is 0.0753. The van der Waals surface area contributed by atoms with Gasteiger partial charge in [0, 0.05) is 25.7 Å². The van der Waals surface area contributed by atoms with Crippen molar-refractivity contribution < 1.29 is 9.59 Å². The van der Waals surface area contributed by atoms with Crippen LogP contribution >= 0.6 is 0 Å². The van der Waals surface area contributed by atoms with E-state index in [0.717, 1.165) is 49.0 Å². The predicted octanol–water partition coefficient (Wildman–Crippen LogP) is 2.44. The van der Waals surface area contributed by atoms with E-state index in [1.165, 1.54) is 0 Å². The molecule has 0 saturated heterocycles. The van der Waals surface area contributed by atoms with Crippen LogP contribution in [0.1, 0.15) is 43.7 Å². The first-order chi connectivity index (χ1) is 10.1. The van der Waals surface area contributed by atoms with Gasteiger partial charge in [-0.15, -0.1) is 0 Å². The molecule has 0 bridgehead atoms. The minimum atomic E-state index is 0.0753. The molecule has 0 atom stereocenters. The molecule has 0 spiro atoms. The number of carbonyl (C=O) groups is 2. The number of aryl methyl sites for hydroxylation is 1. The van der Waals surface area contributed by atoms with E-state index in [1.807, 2.05) is 12.1 Å². The largest absolute Gasteiger partial charge is 0.356 e. The number of nitrogens with zero attached hydrogens (tertiary/aromatic N) is 1. The van der Waals surface area contributed by atoms with Gasteiger partial charge in [-0.25, -0.2) is 0 Å². The quantitative estimate of drug-likeness (QED) is 0.817. The van der Waals surface area contributed by atoms with E-state index in [2.05, 4.69) is 18.3 Å². The summed E-state index contributed by atoms with van der Waals surface area (Å²) in [5, 5.41) is 2.96. The molecule has 0 saturated carbocycles. The molecule has 0 unspecified atom stereocenters. The Kier molecular flexibility index (Phi) is 5.37. The van der Waals surface area contributed by atoms with Gasteiger partial charge in [-0.3, -0.25) is 9.59 Å². The average molecular weight is 288 g/mol. The maximum absolute atomic E-state index is 11.9. The fourth-order valence-electron chi connectivity index (χ4n) is 2.67. The molecular formula is C17H24N2O2. The third-order valence-corrected chi connectivity index (χ3v) is 3.95.